The van der Waals surface area contributed by atoms with E-state index in [0.29, 0.717) is 34.0 Å². The number of para-hydroxylation sites is 1. The average molecular weight is 659 g/mol. The Hall–Kier alpha value is -5.28. The molecule has 49 heavy (non-hydrogen) atoms. The molecule has 0 amide bonds. The second kappa shape index (κ2) is 17.8. The summed E-state index contributed by atoms with van der Waals surface area (Å²) in [5.74, 6) is 8.61. The summed E-state index contributed by atoms with van der Waals surface area (Å²) in [6, 6.07) is 25.3. The first-order valence-corrected chi connectivity index (χ1v) is 16.8. The van der Waals surface area contributed by atoms with Gasteiger partial charge in [-0.15, -0.1) is 0 Å². The smallest absolute Gasteiger partial charge is 0.266 e. The molecule has 5 aromatic rings. The van der Waals surface area contributed by atoms with Crippen molar-refractivity contribution >= 4 is 23.1 Å². The van der Waals surface area contributed by atoms with E-state index in [1.165, 1.54) is 12.0 Å². The molecule has 5 rings (SSSR count). The van der Waals surface area contributed by atoms with Gasteiger partial charge in [-0.25, -0.2) is 4.98 Å². The van der Waals surface area contributed by atoms with Crippen LogP contribution in [0.1, 0.15) is 88.5 Å². The van der Waals surface area contributed by atoms with Gasteiger partial charge in [0.15, 0.2) is 11.5 Å². The molecule has 0 saturated carbocycles. The van der Waals surface area contributed by atoms with Gasteiger partial charge in [-0.1, -0.05) is 97.1 Å². The average Bonchev–Trinajstić information content (AvgIpc) is 3.11. The van der Waals surface area contributed by atoms with Crippen LogP contribution in [-0.4, -0.2) is 30.9 Å². The molecule has 0 aliphatic heterocycles. The highest BCUT2D eigenvalue weighted by atomic mass is 16.5. The first-order valence-electron chi connectivity index (χ1n) is 16.8. The van der Waals surface area contributed by atoms with E-state index in [1.54, 1.807) is 32.0 Å². The fraction of sp³-hybridized carbons (Fsp3) is 0.302. The number of rotatable bonds is 6. The van der Waals surface area contributed by atoms with Crippen molar-refractivity contribution in [2.45, 2.75) is 67.2 Å². The standard InChI is InChI=1S/C38H36N2O4.C3H8.C2H6/c1-25-22-27(13-12-26-14-18-29(19-15-26)38(2,3)4)16-20-32(25)40-35(39-31-11-9-8-10-30(31)37(40)41)21-17-28-23-33(42-5)36(44-7)34(24-28)43-6;1-3-2;1-2/h8-11,14-24H,1-7H3;3H2,1-2H3;1-2H3/b21-17+;;. The zero-order chi connectivity index (χ0) is 36.1. The normalized spacial score (nSPS) is 10.7. The van der Waals surface area contributed by atoms with Crippen molar-refractivity contribution in [1.29, 1.82) is 0 Å². The van der Waals surface area contributed by atoms with Gasteiger partial charge in [0.05, 0.1) is 37.9 Å². The van der Waals surface area contributed by atoms with Gasteiger partial charge >= 0.3 is 0 Å². The Morgan fingerprint density at radius 3 is 1.90 bits per heavy atom. The first kappa shape index (κ1) is 38.2. The zero-order valence-electron chi connectivity index (χ0n) is 30.9. The molecule has 0 aliphatic carbocycles. The molecule has 0 unspecified atom stereocenters. The molecule has 4 aromatic carbocycles. The van der Waals surface area contributed by atoms with Crippen LogP contribution in [0.25, 0.3) is 28.7 Å². The van der Waals surface area contributed by atoms with Crippen LogP contribution in [0.5, 0.6) is 17.2 Å². The number of aryl methyl sites for hydroxylation is 1. The van der Waals surface area contributed by atoms with E-state index in [4.69, 9.17) is 19.2 Å². The molecule has 0 spiro atoms. The van der Waals surface area contributed by atoms with E-state index in [-0.39, 0.29) is 11.0 Å². The summed E-state index contributed by atoms with van der Waals surface area (Å²) in [5, 5.41) is 0.541. The predicted molar refractivity (Wildman–Crippen MR) is 206 cm³/mol. The maximum atomic E-state index is 13.9. The van der Waals surface area contributed by atoms with E-state index in [0.717, 1.165) is 27.9 Å². The van der Waals surface area contributed by atoms with Gasteiger partial charge in [-0.05, 0) is 89.7 Å². The fourth-order valence-electron chi connectivity index (χ4n) is 5.04. The Balaban J connectivity index is 0.00000123. The third kappa shape index (κ3) is 9.42. The monoisotopic (exact) mass is 658 g/mol. The van der Waals surface area contributed by atoms with E-state index >= 15 is 0 Å². The molecule has 0 N–H and O–H groups in total. The quantitative estimate of drug-likeness (QED) is 0.170. The largest absolute Gasteiger partial charge is 0.493 e. The lowest BCUT2D eigenvalue weighted by Crippen LogP contribution is -2.23. The predicted octanol–water partition coefficient (Wildman–Crippen LogP) is 10.0. The van der Waals surface area contributed by atoms with Gasteiger partial charge in [0, 0.05) is 11.1 Å². The zero-order valence-corrected chi connectivity index (χ0v) is 30.9. The van der Waals surface area contributed by atoms with Crippen molar-refractivity contribution in [3.05, 3.63) is 123 Å². The maximum absolute atomic E-state index is 13.9. The van der Waals surface area contributed by atoms with Gasteiger partial charge in [-0.3, -0.25) is 9.36 Å². The molecule has 0 aliphatic rings. The summed E-state index contributed by atoms with van der Waals surface area (Å²) < 4.78 is 18.1. The molecule has 1 aromatic heterocycles. The van der Waals surface area contributed by atoms with Gasteiger partial charge in [-0.2, -0.15) is 0 Å². The lowest BCUT2D eigenvalue weighted by atomic mass is 9.87. The lowest BCUT2D eigenvalue weighted by molar-refractivity contribution is 0.324. The van der Waals surface area contributed by atoms with Crippen LogP contribution >= 0.6 is 0 Å². The fourth-order valence-corrected chi connectivity index (χ4v) is 5.04. The van der Waals surface area contributed by atoms with Crippen molar-refractivity contribution in [2.24, 2.45) is 0 Å². The Labute approximate surface area is 292 Å². The Morgan fingerprint density at radius 1 is 0.776 bits per heavy atom. The minimum absolute atomic E-state index is 0.0943. The molecule has 0 bridgehead atoms. The molecular formula is C43H50N2O4. The molecule has 1 heterocycles. The van der Waals surface area contributed by atoms with E-state index in [1.807, 2.05) is 81.5 Å². The summed E-state index contributed by atoms with van der Waals surface area (Å²) in [7, 11) is 4.72. The van der Waals surface area contributed by atoms with Crippen molar-refractivity contribution < 1.29 is 14.2 Å². The number of ether oxygens (including phenoxy) is 3. The SMILES string of the molecule is CC.CCC.COc1cc(/C=C/c2nc3ccccc3c(=O)n2-c2ccc(C#Cc3ccc(C(C)(C)C)cc3)cc2C)cc(OC)c1OC. The highest BCUT2D eigenvalue weighted by molar-refractivity contribution is 5.80. The highest BCUT2D eigenvalue weighted by Crippen LogP contribution is 2.38. The van der Waals surface area contributed by atoms with Gasteiger partial charge < -0.3 is 14.2 Å². The number of aromatic nitrogens is 2. The summed E-state index contributed by atoms with van der Waals surface area (Å²) >= 11 is 0. The Kier molecular flexibility index (Phi) is 13.8. The number of methoxy groups -OCH3 is 3. The number of benzene rings is 4. The molecular weight excluding hydrogens is 608 g/mol. The van der Waals surface area contributed by atoms with Gasteiger partial charge in [0.1, 0.15) is 5.82 Å². The molecule has 6 nitrogen and oxygen atoms in total. The Morgan fingerprint density at radius 2 is 1.35 bits per heavy atom. The lowest BCUT2D eigenvalue weighted by Gasteiger charge is -2.18. The molecule has 0 radical (unpaired) electrons. The summed E-state index contributed by atoms with van der Waals surface area (Å²) in [5.41, 5.74) is 6.09. The van der Waals surface area contributed by atoms with E-state index in [9.17, 15) is 4.79 Å². The van der Waals surface area contributed by atoms with Crippen LogP contribution in [0.4, 0.5) is 0 Å². The van der Waals surface area contributed by atoms with E-state index in [2.05, 4.69) is 70.7 Å². The molecule has 0 atom stereocenters. The second-order valence-corrected chi connectivity index (χ2v) is 12.2. The van der Waals surface area contributed by atoms with Crippen LogP contribution in [-0.2, 0) is 5.41 Å². The van der Waals surface area contributed by atoms with Crippen LogP contribution in [0, 0.1) is 18.8 Å². The van der Waals surface area contributed by atoms with Crippen LogP contribution in [0.3, 0.4) is 0 Å². The molecule has 0 saturated heterocycles. The second-order valence-electron chi connectivity index (χ2n) is 12.2. The Bertz CT molecular complexity index is 1980. The minimum Gasteiger partial charge on any atom is -0.493 e. The molecule has 0 fully saturated rings. The van der Waals surface area contributed by atoms with Crippen LogP contribution < -0.4 is 19.8 Å². The van der Waals surface area contributed by atoms with Crippen LogP contribution in [0.2, 0.25) is 0 Å². The van der Waals surface area contributed by atoms with Crippen molar-refractivity contribution in [3.63, 3.8) is 0 Å². The summed E-state index contributed by atoms with van der Waals surface area (Å²) in [6.45, 7) is 16.8. The highest BCUT2D eigenvalue weighted by Gasteiger charge is 2.15. The minimum atomic E-state index is -0.152. The van der Waals surface area contributed by atoms with Crippen molar-refractivity contribution in [3.8, 4) is 34.8 Å². The van der Waals surface area contributed by atoms with Gasteiger partial charge in [0.25, 0.3) is 5.56 Å². The first-order chi connectivity index (χ1) is 23.5. The molecule has 256 valence electrons. The van der Waals surface area contributed by atoms with Gasteiger partial charge in [0.2, 0.25) is 5.75 Å². The van der Waals surface area contributed by atoms with Crippen molar-refractivity contribution in [2.75, 3.05) is 21.3 Å². The number of nitrogens with zero attached hydrogens (tertiary/aromatic N) is 2. The third-order valence-electron chi connectivity index (χ3n) is 7.45. The number of fused-ring (bicyclic) bond motifs is 1. The number of hydrogen-bond acceptors (Lipinski definition) is 5. The summed E-state index contributed by atoms with van der Waals surface area (Å²) in [6.07, 6.45) is 4.95. The molecule has 6 heteroatoms. The maximum Gasteiger partial charge on any atom is 0.266 e. The van der Waals surface area contributed by atoms with E-state index < -0.39 is 0 Å². The summed E-state index contributed by atoms with van der Waals surface area (Å²) in [4.78, 5) is 18.8. The van der Waals surface area contributed by atoms with Crippen molar-refractivity contribution in [1.82, 2.24) is 9.55 Å². The van der Waals surface area contributed by atoms with Crippen LogP contribution in [0.15, 0.2) is 83.7 Å². The number of hydrogen-bond donors (Lipinski definition) is 0. The third-order valence-corrected chi connectivity index (χ3v) is 7.45. The topological polar surface area (TPSA) is 62.6 Å².